The second-order valence-electron chi connectivity index (χ2n) is 5.64. The van der Waals surface area contributed by atoms with E-state index in [1.165, 1.54) is 29.7 Å². The van der Waals surface area contributed by atoms with Gasteiger partial charge in [0.2, 0.25) is 0 Å². The highest BCUT2D eigenvalue weighted by Crippen LogP contribution is 2.27. The average Bonchev–Trinajstić information content (AvgIpc) is 3.05. The van der Waals surface area contributed by atoms with E-state index >= 15 is 0 Å². The van der Waals surface area contributed by atoms with Crippen LogP contribution in [0.4, 0.5) is 0 Å². The van der Waals surface area contributed by atoms with Crippen molar-refractivity contribution >= 4 is 41.3 Å². The van der Waals surface area contributed by atoms with Crippen LogP contribution < -0.4 is 15.4 Å². The molecule has 1 aliphatic carbocycles. The van der Waals surface area contributed by atoms with Crippen LogP contribution in [-0.4, -0.2) is 19.1 Å². The summed E-state index contributed by atoms with van der Waals surface area (Å²) >= 11 is 1.74. The number of thiophene rings is 1. The van der Waals surface area contributed by atoms with E-state index in [-0.39, 0.29) is 24.0 Å². The van der Waals surface area contributed by atoms with Crippen LogP contribution in [0.5, 0.6) is 5.75 Å². The summed E-state index contributed by atoms with van der Waals surface area (Å²) in [5.74, 6) is 1.79. The number of hydrogen-bond acceptors (Lipinski definition) is 3. The van der Waals surface area contributed by atoms with Crippen LogP contribution >= 0.6 is 35.3 Å². The summed E-state index contributed by atoms with van der Waals surface area (Å²) in [5.41, 5.74) is 1.17. The summed E-state index contributed by atoms with van der Waals surface area (Å²) in [5, 5.41) is 8.78. The summed E-state index contributed by atoms with van der Waals surface area (Å²) in [6, 6.07) is 12.4. The second kappa shape index (κ2) is 9.88. The second-order valence-corrected chi connectivity index (χ2v) is 6.67. The Hall–Kier alpha value is -1.28. The smallest absolute Gasteiger partial charge is 0.191 e. The molecule has 0 saturated heterocycles. The van der Waals surface area contributed by atoms with Gasteiger partial charge >= 0.3 is 0 Å². The van der Waals surface area contributed by atoms with E-state index in [1.807, 2.05) is 12.1 Å². The van der Waals surface area contributed by atoms with Crippen molar-refractivity contribution in [1.29, 1.82) is 0 Å². The number of ether oxygens (including phenoxy) is 1. The van der Waals surface area contributed by atoms with Gasteiger partial charge in [-0.25, -0.2) is 0 Å². The minimum absolute atomic E-state index is 0. The zero-order chi connectivity index (χ0) is 15.9. The van der Waals surface area contributed by atoms with E-state index in [9.17, 15) is 0 Å². The average molecular weight is 457 g/mol. The van der Waals surface area contributed by atoms with Crippen molar-refractivity contribution in [1.82, 2.24) is 10.6 Å². The monoisotopic (exact) mass is 457 g/mol. The number of nitrogens with zero attached hydrogens (tertiary/aromatic N) is 1. The molecule has 0 amide bonds. The molecule has 1 aliphatic rings. The van der Waals surface area contributed by atoms with Crippen LogP contribution in [0.2, 0.25) is 0 Å². The van der Waals surface area contributed by atoms with Crippen molar-refractivity contribution < 1.29 is 4.74 Å². The molecule has 1 heterocycles. The third-order valence-corrected chi connectivity index (χ3v) is 4.87. The number of guanidine groups is 1. The molecule has 0 atom stereocenters. The van der Waals surface area contributed by atoms with Gasteiger partial charge in [-0.15, -0.1) is 35.3 Å². The highest BCUT2D eigenvalue weighted by molar-refractivity contribution is 14.0. The first kappa shape index (κ1) is 19.1. The van der Waals surface area contributed by atoms with Crippen LogP contribution in [0.1, 0.15) is 29.7 Å². The number of benzene rings is 1. The standard InChI is InChI=1S/C18H23N3OS.HI/c1-19-18(21-13-16-9-5-11-23-16)20-12-14-6-2-3-10-17(14)22-15-7-4-8-15;/h2-3,5-6,9-11,15H,4,7-8,12-13H2,1H3,(H2,19,20,21);1H. The molecule has 0 unspecified atom stereocenters. The number of para-hydroxylation sites is 1. The molecule has 2 aromatic rings. The molecule has 4 nitrogen and oxygen atoms in total. The SMILES string of the molecule is CN=C(NCc1cccs1)NCc1ccccc1OC1CCC1.I. The maximum absolute atomic E-state index is 6.07. The number of rotatable bonds is 6. The molecule has 1 aromatic carbocycles. The lowest BCUT2D eigenvalue weighted by atomic mass is 9.96. The number of hydrogen-bond donors (Lipinski definition) is 2. The van der Waals surface area contributed by atoms with Gasteiger partial charge in [-0.05, 0) is 36.8 Å². The Labute approximate surface area is 164 Å². The maximum atomic E-state index is 6.07. The molecule has 6 heteroatoms. The molecule has 130 valence electrons. The van der Waals surface area contributed by atoms with Gasteiger partial charge in [-0.3, -0.25) is 4.99 Å². The zero-order valence-corrected chi connectivity index (χ0v) is 17.0. The minimum atomic E-state index is 0. The molecule has 3 rings (SSSR count). The summed E-state index contributed by atoms with van der Waals surface area (Å²) in [6.45, 7) is 1.49. The first-order valence-electron chi connectivity index (χ1n) is 8.06. The minimum Gasteiger partial charge on any atom is -0.490 e. The van der Waals surface area contributed by atoms with Crippen LogP contribution in [0, 0.1) is 0 Å². The summed E-state index contributed by atoms with van der Waals surface area (Å²) < 4.78 is 6.07. The lowest BCUT2D eigenvalue weighted by molar-refractivity contribution is 0.119. The summed E-state index contributed by atoms with van der Waals surface area (Å²) in [4.78, 5) is 5.57. The molecule has 1 saturated carbocycles. The zero-order valence-electron chi connectivity index (χ0n) is 13.8. The van der Waals surface area contributed by atoms with Crippen LogP contribution in [0.15, 0.2) is 46.8 Å². The van der Waals surface area contributed by atoms with Crippen molar-refractivity contribution in [2.75, 3.05) is 7.05 Å². The highest BCUT2D eigenvalue weighted by Gasteiger charge is 2.20. The quantitative estimate of drug-likeness (QED) is 0.389. The molecular formula is C18H24IN3OS. The summed E-state index contributed by atoms with van der Waals surface area (Å²) in [7, 11) is 1.79. The Kier molecular flexibility index (Phi) is 7.84. The summed E-state index contributed by atoms with van der Waals surface area (Å²) in [6.07, 6.45) is 4.02. The molecule has 0 aliphatic heterocycles. The Balaban J connectivity index is 0.00000208. The fraction of sp³-hybridized carbons (Fsp3) is 0.389. The van der Waals surface area contributed by atoms with Gasteiger partial charge in [0.1, 0.15) is 5.75 Å². The fourth-order valence-corrected chi connectivity index (χ4v) is 3.06. The maximum Gasteiger partial charge on any atom is 0.191 e. The van der Waals surface area contributed by atoms with Crippen LogP contribution in [-0.2, 0) is 13.1 Å². The van der Waals surface area contributed by atoms with Crippen LogP contribution in [0.3, 0.4) is 0 Å². The number of aliphatic imine (C=N–C) groups is 1. The third-order valence-electron chi connectivity index (χ3n) is 4.00. The molecule has 0 spiro atoms. The largest absolute Gasteiger partial charge is 0.490 e. The van der Waals surface area contributed by atoms with E-state index in [4.69, 9.17) is 4.74 Å². The van der Waals surface area contributed by atoms with E-state index < -0.39 is 0 Å². The van der Waals surface area contributed by atoms with Crippen molar-refractivity contribution in [2.24, 2.45) is 4.99 Å². The first-order chi connectivity index (χ1) is 11.3. The molecule has 0 bridgehead atoms. The topological polar surface area (TPSA) is 45.7 Å². The van der Waals surface area contributed by atoms with E-state index in [2.05, 4.69) is 45.3 Å². The van der Waals surface area contributed by atoms with Gasteiger partial charge in [0.05, 0.1) is 12.6 Å². The van der Waals surface area contributed by atoms with Crippen LogP contribution in [0.25, 0.3) is 0 Å². The lowest BCUT2D eigenvalue weighted by Gasteiger charge is -2.27. The Morgan fingerprint density at radius 3 is 2.62 bits per heavy atom. The van der Waals surface area contributed by atoms with E-state index in [1.54, 1.807) is 18.4 Å². The Morgan fingerprint density at radius 1 is 1.17 bits per heavy atom. The normalized spacial score (nSPS) is 14.5. The van der Waals surface area contributed by atoms with Crippen molar-refractivity contribution in [2.45, 2.75) is 38.5 Å². The van der Waals surface area contributed by atoms with Gasteiger partial charge in [0, 0.05) is 24.0 Å². The third kappa shape index (κ3) is 5.37. The molecular weight excluding hydrogens is 433 g/mol. The highest BCUT2D eigenvalue weighted by atomic mass is 127. The first-order valence-corrected chi connectivity index (χ1v) is 8.94. The lowest BCUT2D eigenvalue weighted by Crippen LogP contribution is -2.36. The molecule has 1 fully saturated rings. The van der Waals surface area contributed by atoms with Gasteiger partial charge in [0.15, 0.2) is 5.96 Å². The predicted octanol–water partition coefficient (Wildman–Crippen LogP) is 4.16. The van der Waals surface area contributed by atoms with Crippen molar-refractivity contribution in [3.63, 3.8) is 0 Å². The van der Waals surface area contributed by atoms with Gasteiger partial charge in [0.25, 0.3) is 0 Å². The van der Waals surface area contributed by atoms with Gasteiger partial charge in [-0.1, -0.05) is 24.3 Å². The Morgan fingerprint density at radius 2 is 1.96 bits per heavy atom. The molecule has 2 N–H and O–H groups in total. The van der Waals surface area contributed by atoms with Crippen molar-refractivity contribution in [3.05, 3.63) is 52.2 Å². The van der Waals surface area contributed by atoms with Crippen molar-refractivity contribution in [3.8, 4) is 5.75 Å². The fourth-order valence-electron chi connectivity index (χ4n) is 2.42. The molecule has 24 heavy (non-hydrogen) atoms. The predicted molar refractivity (Wildman–Crippen MR) is 111 cm³/mol. The van der Waals surface area contributed by atoms with E-state index in [0.29, 0.717) is 12.6 Å². The van der Waals surface area contributed by atoms with Gasteiger partial charge in [-0.2, -0.15) is 0 Å². The molecule has 0 radical (unpaired) electrons. The Bertz CT molecular complexity index is 641. The van der Waals surface area contributed by atoms with Gasteiger partial charge < -0.3 is 15.4 Å². The van der Waals surface area contributed by atoms with E-state index in [0.717, 1.165) is 18.3 Å². The number of nitrogens with one attached hydrogen (secondary N) is 2. The number of halogens is 1. The molecule has 1 aromatic heterocycles.